The lowest BCUT2D eigenvalue weighted by Crippen LogP contribution is -2.38. The van der Waals surface area contributed by atoms with Gasteiger partial charge in [0.2, 0.25) is 5.91 Å². The Bertz CT molecular complexity index is 660. The van der Waals surface area contributed by atoms with Crippen LogP contribution in [0.1, 0.15) is 28.8 Å². The van der Waals surface area contributed by atoms with E-state index < -0.39 is 0 Å². The fraction of sp³-hybridized carbons (Fsp3) is 0.471. The Balaban J connectivity index is 1.98. The smallest absolute Gasteiger partial charge is 0.242 e. The number of hydrogen-bond acceptors (Lipinski definition) is 4. The molecule has 0 saturated heterocycles. The topological polar surface area (TPSA) is 63.1 Å². The van der Waals surface area contributed by atoms with Gasteiger partial charge in [-0.25, -0.2) is 9.67 Å². The summed E-state index contributed by atoms with van der Waals surface area (Å²) < 4.78 is 1.81. The van der Waals surface area contributed by atoms with E-state index in [2.05, 4.69) is 15.4 Å². The molecular weight excluding hydrogens is 290 g/mol. The van der Waals surface area contributed by atoms with Crippen LogP contribution in [-0.4, -0.2) is 46.2 Å². The van der Waals surface area contributed by atoms with Gasteiger partial charge >= 0.3 is 0 Å². The molecule has 2 aromatic rings. The fourth-order valence-electron chi connectivity index (χ4n) is 2.59. The second kappa shape index (κ2) is 7.37. The van der Waals surface area contributed by atoms with Crippen LogP contribution in [0.4, 0.5) is 0 Å². The van der Waals surface area contributed by atoms with Crippen LogP contribution >= 0.6 is 0 Å². The summed E-state index contributed by atoms with van der Waals surface area (Å²) in [6.45, 7) is 6.96. The summed E-state index contributed by atoms with van der Waals surface area (Å²) >= 11 is 0. The summed E-state index contributed by atoms with van der Waals surface area (Å²) in [5, 5.41) is 7.29. The third-order valence-corrected chi connectivity index (χ3v) is 3.74. The minimum Gasteiger partial charge on any atom is -0.353 e. The molecule has 1 aromatic heterocycles. The van der Waals surface area contributed by atoms with Crippen LogP contribution in [0.15, 0.2) is 24.3 Å². The van der Waals surface area contributed by atoms with Gasteiger partial charge in [-0.05, 0) is 40.4 Å². The molecule has 1 atom stereocenters. The molecule has 1 aromatic carbocycles. The van der Waals surface area contributed by atoms with Gasteiger partial charge in [0, 0.05) is 6.54 Å². The van der Waals surface area contributed by atoms with Gasteiger partial charge in [-0.15, -0.1) is 0 Å². The molecule has 1 N–H and O–H groups in total. The number of nitrogens with zero attached hydrogens (tertiary/aromatic N) is 4. The summed E-state index contributed by atoms with van der Waals surface area (Å²) in [5.74, 6) is 1.60. The van der Waals surface area contributed by atoms with E-state index in [1.54, 1.807) is 0 Å². The fourth-order valence-corrected chi connectivity index (χ4v) is 2.59. The van der Waals surface area contributed by atoms with E-state index in [0.29, 0.717) is 13.1 Å². The van der Waals surface area contributed by atoms with Crippen molar-refractivity contribution in [2.75, 3.05) is 20.6 Å². The Labute approximate surface area is 137 Å². The van der Waals surface area contributed by atoms with Crippen LogP contribution in [0.25, 0.3) is 0 Å². The highest BCUT2D eigenvalue weighted by atomic mass is 16.2. The molecule has 0 aliphatic rings. The summed E-state index contributed by atoms with van der Waals surface area (Å²) in [6, 6.07) is 7.77. The van der Waals surface area contributed by atoms with E-state index in [-0.39, 0.29) is 11.9 Å². The van der Waals surface area contributed by atoms with E-state index in [4.69, 9.17) is 0 Å². The Morgan fingerprint density at radius 1 is 1.22 bits per heavy atom. The van der Waals surface area contributed by atoms with E-state index in [0.717, 1.165) is 17.2 Å². The third-order valence-electron chi connectivity index (χ3n) is 3.74. The summed E-state index contributed by atoms with van der Waals surface area (Å²) in [6.07, 6.45) is 0. The van der Waals surface area contributed by atoms with Crippen LogP contribution in [-0.2, 0) is 11.3 Å². The molecule has 0 bridgehead atoms. The highest BCUT2D eigenvalue weighted by Crippen LogP contribution is 2.18. The first-order valence-electron chi connectivity index (χ1n) is 7.77. The third kappa shape index (κ3) is 4.39. The molecule has 124 valence electrons. The Morgan fingerprint density at radius 2 is 1.87 bits per heavy atom. The van der Waals surface area contributed by atoms with Crippen LogP contribution in [0.2, 0.25) is 0 Å². The number of carbonyl (C=O) groups excluding carboxylic acids is 1. The Morgan fingerprint density at radius 3 is 2.39 bits per heavy atom. The molecule has 23 heavy (non-hydrogen) atoms. The maximum Gasteiger partial charge on any atom is 0.242 e. The maximum absolute atomic E-state index is 12.6. The molecule has 6 heteroatoms. The second-order valence-electron chi connectivity index (χ2n) is 6.00. The van der Waals surface area contributed by atoms with Gasteiger partial charge in [0.25, 0.3) is 0 Å². The van der Waals surface area contributed by atoms with Gasteiger partial charge in [0.15, 0.2) is 0 Å². The van der Waals surface area contributed by atoms with Crippen LogP contribution in [0.5, 0.6) is 0 Å². The number of aromatic nitrogens is 3. The predicted octanol–water partition coefficient (Wildman–Crippen LogP) is 1.62. The number of rotatable bonds is 6. The first-order chi connectivity index (χ1) is 10.9. The second-order valence-corrected chi connectivity index (χ2v) is 6.00. The lowest BCUT2D eigenvalue weighted by molar-refractivity contribution is -0.125. The van der Waals surface area contributed by atoms with Crippen molar-refractivity contribution in [3.05, 3.63) is 47.0 Å². The molecule has 1 unspecified atom stereocenters. The van der Waals surface area contributed by atoms with Crippen LogP contribution in [0.3, 0.4) is 0 Å². The van der Waals surface area contributed by atoms with Crippen molar-refractivity contribution in [1.82, 2.24) is 25.0 Å². The summed E-state index contributed by atoms with van der Waals surface area (Å²) in [5.41, 5.74) is 2.18. The maximum atomic E-state index is 12.6. The number of hydrogen-bond donors (Lipinski definition) is 1. The standard InChI is InChI=1S/C17H25N5O/c1-12-6-8-15(9-7-12)16(21(4)5)17(23)18-10-11-22-14(3)19-13(2)20-22/h6-9,16H,10-11H2,1-5H3,(H,18,23). The molecule has 0 radical (unpaired) electrons. The van der Waals surface area contributed by atoms with E-state index >= 15 is 0 Å². The van der Waals surface area contributed by atoms with E-state index in [1.165, 1.54) is 5.56 Å². The molecule has 0 spiro atoms. The molecule has 0 saturated carbocycles. The first kappa shape index (κ1) is 17.1. The van der Waals surface area contributed by atoms with Gasteiger partial charge < -0.3 is 5.32 Å². The molecular formula is C17H25N5O. The van der Waals surface area contributed by atoms with E-state index in [1.807, 2.05) is 68.7 Å². The average molecular weight is 315 g/mol. The average Bonchev–Trinajstić information content (AvgIpc) is 2.79. The molecule has 0 aliphatic carbocycles. The summed E-state index contributed by atoms with van der Waals surface area (Å²) in [4.78, 5) is 18.7. The molecule has 0 fully saturated rings. The molecule has 2 rings (SSSR count). The number of aryl methyl sites for hydroxylation is 3. The normalized spacial score (nSPS) is 12.4. The Hall–Kier alpha value is -2.21. The quantitative estimate of drug-likeness (QED) is 0.880. The van der Waals surface area contributed by atoms with Crippen LogP contribution in [0, 0.1) is 20.8 Å². The van der Waals surface area contributed by atoms with Gasteiger partial charge in [0.05, 0.1) is 6.54 Å². The van der Waals surface area contributed by atoms with Crippen LogP contribution < -0.4 is 5.32 Å². The minimum atomic E-state index is -0.297. The zero-order chi connectivity index (χ0) is 17.0. The number of likely N-dealkylation sites (N-methyl/N-ethyl adjacent to an activating group) is 1. The lowest BCUT2D eigenvalue weighted by atomic mass is 10.0. The predicted molar refractivity (Wildman–Crippen MR) is 90.1 cm³/mol. The van der Waals surface area contributed by atoms with Gasteiger partial charge in [-0.2, -0.15) is 5.10 Å². The number of benzene rings is 1. The van der Waals surface area contributed by atoms with Gasteiger partial charge in [0.1, 0.15) is 17.7 Å². The number of amides is 1. The lowest BCUT2D eigenvalue weighted by Gasteiger charge is -2.24. The molecule has 1 heterocycles. The zero-order valence-electron chi connectivity index (χ0n) is 14.5. The number of carbonyl (C=O) groups is 1. The van der Waals surface area contributed by atoms with Crippen molar-refractivity contribution in [2.45, 2.75) is 33.4 Å². The van der Waals surface area contributed by atoms with Gasteiger partial charge in [-0.3, -0.25) is 9.69 Å². The van der Waals surface area contributed by atoms with Crippen molar-refractivity contribution in [2.24, 2.45) is 0 Å². The zero-order valence-corrected chi connectivity index (χ0v) is 14.5. The molecule has 1 amide bonds. The van der Waals surface area contributed by atoms with Crippen molar-refractivity contribution in [3.63, 3.8) is 0 Å². The van der Waals surface area contributed by atoms with Crippen molar-refractivity contribution < 1.29 is 4.79 Å². The van der Waals surface area contributed by atoms with Crippen molar-refractivity contribution in [3.8, 4) is 0 Å². The summed E-state index contributed by atoms with van der Waals surface area (Å²) in [7, 11) is 3.82. The molecule has 6 nitrogen and oxygen atoms in total. The SMILES string of the molecule is Cc1ccc(C(C(=O)NCCn2nc(C)nc2C)N(C)C)cc1. The minimum absolute atomic E-state index is 0.00616. The molecule has 0 aliphatic heterocycles. The first-order valence-corrected chi connectivity index (χ1v) is 7.77. The Kier molecular flexibility index (Phi) is 5.50. The van der Waals surface area contributed by atoms with Gasteiger partial charge in [-0.1, -0.05) is 29.8 Å². The highest BCUT2D eigenvalue weighted by molar-refractivity contribution is 5.83. The van der Waals surface area contributed by atoms with Crippen molar-refractivity contribution in [1.29, 1.82) is 0 Å². The number of nitrogens with one attached hydrogen (secondary N) is 1. The van der Waals surface area contributed by atoms with Crippen molar-refractivity contribution >= 4 is 5.91 Å². The monoisotopic (exact) mass is 315 g/mol. The highest BCUT2D eigenvalue weighted by Gasteiger charge is 2.22. The largest absolute Gasteiger partial charge is 0.353 e. The van der Waals surface area contributed by atoms with E-state index in [9.17, 15) is 4.79 Å².